The summed E-state index contributed by atoms with van der Waals surface area (Å²) < 4.78 is 58.3. The van der Waals surface area contributed by atoms with Crippen LogP contribution in [0.15, 0.2) is 89.8 Å². The largest absolute Gasteiger partial charge is 0.293 e. The minimum atomic E-state index is -4.15. The van der Waals surface area contributed by atoms with Gasteiger partial charge in [-0.15, -0.1) is 0 Å². The highest BCUT2D eigenvalue weighted by molar-refractivity contribution is 7.89. The van der Waals surface area contributed by atoms with Crippen molar-refractivity contribution in [2.24, 2.45) is 0 Å². The number of alkyl halides is 2. The highest BCUT2D eigenvalue weighted by Gasteiger charge is 2.44. The lowest BCUT2D eigenvalue weighted by Crippen LogP contribution is -2.39. The number of nitrogens with one attached hydrogen (secondary N) is 1. The van der Waals surface area contributed by atoms with Crippen molar-refractivity contribution in [2.45, 2.75) is 23.8 Å². The van der Waals surface area contributed by atoms with Gasteiger partial charge >= 0.3 is 0 Å². The molecule has 0 saturated heterocycles. The monoisotopic (exact) mass is 387 g/mol. The highest BCUT2D eigenvalue weighted by atomic mass is 32.2. The zero-order valence-electron chi connectivity index (χ0n) is 14.6. The summed E-state index contributed by atoms with van der Waals surface area (Å²) in [6, 6.07) is 19.4. The molecule has 0 bridgehead atoms. The zero-order valence-corrected chi connectivity index (χ0v) is 15.5. The van der Waals surface area contributed by atoms with E-state index >= 15 is 8.78 Å². The number of halogens is 2. The summed E-state index contributed by atoms with van der Waals surface area (Å²) in [5.41, 5.74) is 0.802. The highest BCUT2D eigenvalue weighted by Crippen LogP contribution is 2.41. The SMILES string of the molecule is Cc1ccc(S(=O)(=O)NC(c2ccccc2)C(F)(F)c2ccccc2)cc1. The normalized spacial score (nSPS) is 13.3. The molecule has 0 aromatic heterocycles. The van der Waals surface area contributed by atoms with Gasteiger partial charge < -0.3 is 0 Å². The molecular formula is C21H19F2NO2S. The molecule has 1 atom stereocenters. The van der Waals surface area contributed by atoms with E-state index in [1.807, 2.05) is 6.92 Å². The third kappa shape index (κ3) is 4.23. The van der Waals surface area contributed by atoms with Crippen LogP contribution in [0, 0.1) is 6.92 Å². The molecule has 0 spiro atoms. The lowest BCUT2D eigenvalue weighted by atomic mass is 9.95. The summed E-state index contributed by atoms with van der Waals surface area (Å²) in [5.74, 6) is -3.44. The second-order valence-electron chi connectivity index (χ2n) is 6.27. The minimum absolute atomic E-state index is 0.0575. The van der Waals surface area contributed by atoms with E-state index in [2.05, 4.69) is 4.72 Å². The Labute approximate surface area is 157 Å². The van der Waals surface area contributed by atoms with Crippen molar-refractivity contribution in [3.05, 3.63) is 102 Å². The molecule has 27 heavy (non-hydrogen) atoms. The van der Waals surface area contributed by atoms with Crippen molar-refractivity contribution >= 4 is 10.0 Å². The first-order valence-electron chi connectivity index (χ1n) is 8.38. The molecule has 3 nitrogen and oxygen atoms in total. The maximum Gasteiger partial charge on any atom is 0.293 e. The fourth-order valence-corrected chi connectivity index (χ4v) is 3.99. The average Bonchev–Trinajstić information content (AvgIpc) is 2.68. The van der Waals surface area contributed by atoms with Crippen LogP contribution in [0.4, 0.5) is 8.78 Å². The second kappa shape index (κ2) is 7.58. The van der Waals surface area contributed by atoms with E-state index in [4.69, 9.17) is 0 Å². The van der Waals surface area contributed by atoms with E-state index in [0.29, 0.717) is 0 Å². The maximum atomic E-state index is 15.3. The number of rotatable bonds is 6. The quantitative estimate of drug-likeness (QED) is 0.660. The third-order valence-electron chi connectivity index (χ3n) is 4.26. The lowest BCUT2D eigenvalue weighted by Gasteiger charge is -2.28. The van der Waals surface area contributed by atoms with E-state index in [0.717, 1.165) is 5.56 Å². The molecule has 3 rings (SSSR count). The van der Waals surface area contributed by atoms with Crippen LogP contribution in [0.5, 0.6) is 0 Å². The summed E-state index contributed by atoms with van der Waals surface area (Å²) in [6.07, 6.45) is 0. The van der Waals surface area contributed by atoms with Crippen LogP contribution in [0.2, 0.25) is 0 Å². The lowest BCUT2D eigenvalue weighted by molar-refractivity contribution is -0.0380. The summed E-state index contributed by atoms with van der Waals surface area (Å²) in [6.45, 7) is 1.82. The molecule has 0 aliphatic carbocycles. The maximum absolute atomic E-state index is 15.3. The van der Waals surface area contributed by atoms with Crippen molar-refractivity contribution in [3.63, 3.8) is 0 Å². The Balaban J connectivity index is 2.05. The van der Waals surface area contributed by atoms with E-state index in [-0.39, 0.29) is 16.0 Å². The van der Waals surface area contributed by atoms with Crippen LogP contribution in [0.3, 0.4) is 0 Å². The van der Waals surface area contributed by atoms with Crippen molar-refractivity contribution in [1.29, 1.82) is 0 Å². The first-order valence-corrected chi connectivity index (χ1v) is 9.86. The van der Waals surface area contributed by atoms with Gasteiger partial charge in [0.25, 0.3) is 5.92 Å². The molecule has 0 radical (unpaired) electrons. The first-order chi connectivity index (χ1) is 12.8. The molecule has 0 fully saturated rings. The van der Waals surface area contributed by atoms with E-state index in [1.54, 1.807) is 36.4 Å². The number of benzene rings is 3. The smallest absolute Gasteiger partial charge is 0.207 e. The number of sulfonamides is 1. The van der Waals surface area contributed by atoms with Crippen LogP contribution in [-0.2, 0) is 15.9 Å². The molecular weight excluding hydrogens is 368 g/mol. The van der Waals surface area contributed by atoms with Crippen LogP contribution in [0.1, 0.15) is 22.7 Å². The van der Waals surface area contributed by atoms with Crippen molar-refractivity contribution < 1.29 is 17.2 Å². The summed E-state index contributed by atoms with van der Waals surface area (Å²) in [4.78, 5) is -0.0575. The van der Waals surface area contributed by atoms with E-state index in [9.17, 15) is 8.42 Å². The van der Waals surface area contributed by atoms with Crippen molar-refractivity contribution in [1.82, 2.24) is 4.72 Å². The third-order valence-corrected chi connectivity index (χ3v) is 5.70. The van der Waals surface area contributed by atoms with Gasteiger partial charge in [-0.2, -0.15) is 13.5 Å². The van der Waals surface area contributed by atoms with Gasteiger partial charge in [0.15, 0.2) is 0 Å². The summed E-state index contributed by atoms with van der Waals surface area (Å²) in [7, 11) is -4.15. The fourth-order valence-electron chi connectivity index (χ4n) is 2.76. The molecule has 140 valence electrons. The fraction of sp³-hybridized carbons (Fsp3) is 0.143. The summed E-state index contributed by atoms with van der Waals surface area (Å²) >= 11 is 0. The number of hydrogen-bond donors (Lipinski definition) is 1. The molecule has 3 aromatic rings. The second-order valence-corrected chi connectivity index (χ2v) is 7.98. The van der Waals surface area contributed by atoms with Crippen molar-refractivity contribution in [3.8, 4) is 0 Å². The van der Waals surface area contributed by atoms with Crippen LogP contribution in [-0.4, -0.2) is 8.42 Å². The number of hydrogen-bond acceptors (Lipinski definition) is 2. The van der Waals surface area contributed by atoms with Gasteiger partial charge in [0.05, 0.1) is 4.90 Å². The number of aryl methyl sites for hydroxylation is 1. The van der Waals surface area contributed by atoms with Gasteiger partial charge in [-0.3, -0.25) is 0 Å². The Hall–Kier alpha value is -2.57. The molecule has 0 aliphatic rings. The topological polar surface area (TPSA) is 46.2 Å². The Bertz CT molecular complexity index is 989. The molecule has 3 aromatic carbocycles. The Morgan fingerprint density at radius 3 is 1.89 bits per heavy atom. The minimum Gasteiger partial charge on any atom is -0.207 e. The molecule has 6 heteroatoms. The molecule has 0 heterocycles. The summed E-state index contributed by atoms with van der Waals surface area (Å²) in [5, 5.41) is 0. The van der Waals surface area contributed by atoms with Gasteiger partial charge in [-0.05, 0) is 24.6 Å². The molecule has 0 aliphatic heterocycles. The molecule has 0 saturated carbocycles. The van der Waals surface area contributed by atoms with E-state index in [1.165, 1.54) is 48.5 Å². The van der Waals surface area contributed by atoms with Gasteiger partial charge in [-0.25, -0.2) is 8.42 Å². The average molecular weight is 387 g/mol. The van der Waals surface area contributed by atoms with Gasteiger partial charge in [0, 0.05) is 5.56 Å². The van der Waals surface area contributed by atoms with Gasteiger partial charge in [0.1, 0.15) is 6.04 Å². The predicted octanol–water partition coefficient (Wildman–Crippen LogP) is 4.81. The van der Waals surface area contributed by atoms with Crippen LogP contribution < -0.4 is 4.72 Å². The van der Waals surface area contributed by atoms with Crippen LogP contribution >= 0.6 is 0 Å². The molecule has 0 amide bonds. The molecule has 1 N–H and O–H groups in total. The van der Waals surface area contributed by atoms with E-state index < -0.39 is 22.0 Å². The standard InChI is InChI=1S/C21H19F2NO2S/c1-16-12-14-19(15-13-16)27(25,26)24-20(17-8-4-2-5-9-17)21(22,23)18-10-6-3-7-11-18/h2-15,20,24H,1H3. The predicted molar refractivity (Wildman–Crippen MR) is 101 cm³/mol. The Morgan fingerprint density at radius 1 is 0.815 bits per heavy atom. The van der Waals surface area contributed by atoms with Crippen LogP contribution in [0.25, 0.3) is 0 Å². The molecule has 1 unspecified atom stereocenters. The Morgan fingerprint density at radius 2 is 1.33 bits per heavy atom. The van der Waals surface area contributed by atoms with Gasteiger partial charge in [-0.1, -0.05) is 78.4 Å². The van der Waals surface area contributed by atoms with Gasteiger partial charge in [0.2, 0.25) is 10.0 Å². The van der Waals surface area contributed by atoms with Crippen molar-refractivity contribution in [2.75, 3.05) is 0 Å². The first kappa shape index (κ1) is 19.2. The zero-order chi connectivity index (χ0) is 19.5. The Kier molecular flexibility index (Phi) is 5.39.